The van der Waals surface area contributed by atoms with Crippen LogP contribution in [0.2, 0.25) is 0 Å². The number of hydrogen-bond acceptors (Lipinski definition) is 3. The van der Waals surface area contributed by atoms with Crippen molar-refractivity contribution in [3.05, 3.63) is 29.3 Å². The molecule has 1 atom stereocenters. The van der Waals surface area contributed by atoms with Crippen LogP contribution in [0.1, 0.15) is 25.0 Å². The number of likely N-dealkylation sites (N-methyl/N-ethyl adjacent to an activating group) is 1. The van der Waals surface area contributed by atoms with Crippen molar-refractivity contribution < 1.29 is 14.5 Å². The monoisotopic (exact) mass is 347 g/mol. The van der Waals surface area contributed by atoms with Crippen LogP contribution < -0.4 is 20.4 Å². The predicted octanol–water partition coefficient (Wildman–Crippen LogP) is -0.351. The molecule has 1 aliphatic rings. The Morgan fingerprint density at radius 1 is 1.24 bits per heavy atom. The van der Waals surface area contributed by atoms with Crippen LogP contribution in [0.15, 0.2) is 18.2 Å². The molecule has 1 aliphatic heterocycles. The van der Waals surface area contributed by atoms with E-state index in [4.69, 9.17) is 0 Å². The maximum absolute atomic E-state index is 12.2. The zero-order valence-corrected chi connectivity index (χ0v) is 15.8. The molecule has 1 fully saturated rings. The van der Waals surface area contributed by atoms with Gasteiger partial charge in [-0.1, -0.05) is 12.1 Å². The number of aryl methyl sites for hydroxylation is 1. The molecule has 2 rings (SSSR count). The second kappa shape index (κ2) is 8.85. The van der Waals surface area contributed by atoms with Crippen molar-refractivity contribution in [1.82, 2.24) is 10.6 Å². The second-order valence-corrected chi connectivity index (χ2v) is 6.82. The van der Waals surface area contributed by atoms with Gasteiger partial charge in [0.25, 0.3) is 5.91 Å². The van der Waals surface area contributed by atoms with Gasteiger partial charge in [-0.25, -0.2) is 0 Å². The second-order valence-electron chi connectivity index (χ2n) is 6.82. The van der Waals surface area contributed by atoms with E-state index in [2.05, 4.69) is 47.6 Å². The van der Waals surface area contributed by atoms with Gasteiger partial charge in [0.15, 0.2) is 6.54 Å². The fourth-order valence-electron chi connectivity index (χ4n) is 3.23. The van der Waals surface area contributed by atoms with E-state index in [0.717, 1.165) is 26.2 Å². The Morgan fingerprint density at radius 2 is 1.92 bits per heavy atom. The molecular formula is C19H31N4O2+. The van der Waals surface area contributed by atoms with Gasteiger partial charge >= 0.3 is 0 Å². The predicted molar refractivity (Wildman–Crippen MR) is 100.0 cm³/mol. The summed E-state index contributed by atoms with van der Waals surface area (Å²) in [6.07, 6.45) is 0. The van der Waals surface area contributed by atoms with Gasteiger partial charge in [0.05, 0.1) is 26.2 Å². The first kappa shape index (κ1) is 19.2. The highest BCUT2D eigenvalue weighted by atomic mass is 16.2. The summed E-state index contributed by atoms with van der Waals surface area (Å²) < 4.78 is 0. The van der Waals surface area contributed by atoms with E-state index in [1.165, 1.54) is 21.7 Å². The number of hydrogen-bond donors (Lipinski definition) is 3. The Hall–Kier alpha value is -2.08. The summed E-state index contributed by atoms with van der Waals surface area (Å²) in [7, 11) is 0. The average molecular weight is 347 g/mol. The molecule has 0 saturated carbocycles. The summed E-state index contributed by atoms with van der Waals surface area (Å²) in [5, 5.41) is 5.51. The third-order valence-electron chi connectivity index (χ3n) is 4.92. The van der Waals surface area contributed by atoms with E-state index in [0.29, 0.717) is 13.1 Å². The van der Waals surface area contributed by atoms with E-state index in [-0.39, 0.29) is 11.8 Å². The van der Waals surface area contributed by atoms with E-state index >= 15 is 0 Å². The molecule has 0 spiro atoms. The van der Waals surface area contributed by atoms with Crippen molar-refractivity contribution in [3.8, 4) is 0 Å². The summed E-state index contributed by atoms with van der Waals surface area (Å²) >= 11 is 0. The lowest BCUT2D eigenvalue weighted by molar-refractivity contribution is -0.892. The van der Waals surface area contributed by atoms with Crippen LogP contribution >= 0.6 is 0 Å². The van der Waals surface area contributed by atoms with Gasteiger partial charge < -0.3 is 20.4 Å². The van der Waals surface area contributed by atoms with Crippen molar-refractivity contribution in [2.75, 3.05) is 44.2 Å². The van der Waals surface area contributed by atoms with Crippen LogP contribution in [0.4, 0.5) is 5.69 Å². The Kier molecular flexibility index (Phi) is 6.82. The van der Waals surface area contributed by atoms with E-state index in [1.54, 1.807) is 6.92 Å². The number of nitrogens with one attached hydrogen (secondary N) is 3. The molecular weight excluding hydrogens is 316 g/mol. The highest BCUT2D eigenvalue weighted by Crippen LogP contribution is 2.22. The number of carbonyl (C=O) groups excluding carboxylic acids is 2. The zero-order chi connectivity index (χ0) is 18.4. The smallest absolute Gasteiger partial charge is 0.275 e. The lowest BCUT2D eigenvalue weighted by Crippen LogP contribution is -3.16. The molecule has 0 aliphatic carbocycles. The molecule has 138 valence electrons. The standard InChI is InChI=1S/C19H30N4O2/c1-5-20-19(25)16(4)21-18(24)13-22-9-11-23(12-10-22)17-8-6-7-14(2)15(17)3/h6-8,16H,5,9-13H2,1-4H3,(H,20,25)(H,21,24)/p+1/t16-/m0/s1. The molecule has 0 radical (unpaired) electrons. The van der Waals surface area contributed by atoms with Crippen LogP contribution in [-0.2, 0) is 9.59 Å². The maximum Gasteiger partial charge on any atom is 0.275 e. The number of carbonyl (C=O) groups is 2. The third-order valence-corrected chi connectivity index (χ3v) is 4.92. The van der Waals surface area contributed by atoms with Crippen LogP contribution in [-0.4, -0.2) is 57.1 Å². The van der Waals surface area contributed by atoms with Crippen molar-refractivity contribution in [1.29, 1.82) is 0 Å². The van der Waals surface area contributed by atoms with Crippen LogP contribution in [0.5, 0.6) is 0 Å². The quantitative estimate of drug-likeness (QED) is 0.659. The summed E-state index contributed by atoms with van der Waals surface area (Å²) in [4.78, 5) is 27.5. The molecule has 3 N–H and O–H groups in total. The SMILES string of the molecule is CCNC(=O)[C@H](C)NC(=O)C[NH+]1CCN(c2cccc(C)c2C)CC1. The molecule has 6 heteroatoms. The molecule has 1 aromatic carbocycles. The molecule has 1 aromatic rings. The number of amides is 2. The lowest BCUT2D eigenvalue weighted by atomic mass is 10.1. The van der Waals surface area contributed by atoms with Crippen molar-refractivity contribution in [2.45, 2.75) is 33.7 Å². The van der Waals surface area contributed by atoms with Gasteiger partial charge in [-0.3, -0.25) is 9.59 Å². The minimum Gasteiger partial charge on any atom is -0.360 e. The zero-order valence-electron chi connectivity index (χ0n) is 15.8. The Balaban J connectivity index is 1.81. The summed E-state index contributed by atoms with van der Waals surface area (Å²) in [6, 6.07) is 5.94. The van der Waals surface area contributed by atoms with Crippen LogP contribution in [0.3, 0.4) is 0 Å². The largest absolute Gasteiger partial charge is 0.360 e. The minimum absolute atomic E-state index is 0.0612. The highest BCUT2D eigenvalue weighted by Gasteiger charge is 2.24. The fraction of sp³-hybridized carbons (Fsp3) is 0.579. The lowest BCUT2D eigenvalue weighted by Gasteiger charge is -2.34. The first-order chi connectivity index (χ1) is 11.9. The van der Waals surface area contributed by atoms with Crippen LogP contribution in [0, 0.1) is 13.8 Å². The number of rotatable bonds is 6. The van der Waals surface area contributed by atoms with Crippen LogP contribution in [0.25, 0.3) is 0 Å². The van der Waals surface area contributed by atoms with Gasteiger partial charge in [0.2, 0.25) is 5.91 Å². The number of anilines is 1. The molecule has 0 aromatic heterocycles. The van der Waals surface area contributed by atoms with Gasteiger partial charge in [-0.05, 0) is 44.9 Å². The normalized spacial score (nSPS) is 16.4. The average Bonchev–Trinajstić information content (AvgIpc) is 2.58. The van der Waals surface area contributed by atoms with Crippen molar-refractivity contribution >= 4 is 17.5 Å². The Labute approximate surface area is 150 Å². The highest BCUT2D eigenvalue weighted by molar-refractivity contribution is 5.87. The summed E-state index contributed by atoms with van der Waals surface area (Å²) in [5.41, 5.74) is 3.94. The van der Waals surface area contributed by atoms with Gasteiger partial charge in [-0.2, -0.15) is 0 Å². The molecule has 6 nitrogen and oxygen atoms in total. The Bertz CT molecular complexity index is 609. The first-order valence-corrected chi connectivity index (χ1v) is 9.14. The van der Waals surface area contributed by atoms with E-state index in [1.807, 2.05) is 6.92 Å². The molecule has 0 unspecified atom stereocenters. The Morgan fingerprint density at radius 3 is 2.56 bits per heavy atom. The number of nitrogens with zero attached hydrogens (tertiary/aromatic N) is 1. The fourth-order valence-corrected chi connectivity index (χ4v) is 3.23. The van der Waals surface area contributed by atoms with Gasteiger partial charge in [0, 0.05) is 12.2 Å². The summed E-state index contributed by atoms with van der Waals surface area (Å²) in [5.74, 6) is -0.195. The summed E-state index contributed by atoms with van der Waals surface area (Å²) in [6.45, 7) is 12.6. The molecule has 0 bridgehead atoms. The topological polar surface area (TPSA) is 65.9 Å². The maximum atomic E-state index is 12.2. The minimum atomic E-state index is -0.483. The van der Waals surface area contributed by atoms with Crippen molar-refractivity contribution in [3.63, 3.8) is 0 Å². The molecule has 25 heavy (non-hydrogen) atoms. The third kappa shape index (κ3) is 5.19. The molecule has 1 saturated heterocycles. The van der Waals surface area contributed by atoms with Crippen molar-refractivity contribution in [2.24, 2.45) is 0 Å². The molecule has 2 amide bonds. The molecule has 1 heterocycles. The van der Waals surface area contributed by atoms with E-state index < -0.39 is 6.04 Å². The van der Waals surface area contributed by atoms with Gasteiger partial charge in [0.1, 0.15) is 6.04 Å². The van der Waals surface area contributed by atoms with E-state index in [9.17, 15) is 9.59 Å². The van der Waals surface area contributed by atoms with Gasteiger partial charge in [-0.15, -0.1) is 0 Å². The number of piperazine rings is 1. The number of benzene rings is 1. The number of quaternary nitrogens is 1. The first-order valence-electron chi connectivity index (χ1n) is 9.14.